The molecular formula is C20H19N3O3. The minimum absolute atomic E-state index is 0.0671. The van der Waals surface area contributed by atoms with Gasteiger partial charge >= 0.3 is 5.97 Å². The summed E-state index contributed by atoms with van der Waals surface area (Å²) in [6.07, 6.45) is 3.59. The normalized spacial score (nSPS) is 11.6. The molecule has 0 spiro atoms. The number of benzene rings is 2. The Hall–Kier alpha value is -3.41. The molecule has 26 heavy (non-hydrogen) atoms. The number of carbonyl (C=O) groups excluding carboxylic acids is 2. The van der Waals surface area contributed by atoms with Crippen LogP contribution in [0.2, 0.25) is 0 Å². The molecule has 3 rings (SSSR count). The second kappa shape index (κ2) is 8.11. The van der Waals surface area contributed by atoms with Crippen LogP contribution in [0.4, 0.5) is 0 Å². The van der Waals surface area contributed by atoms with Crippen molar-refractivity contribution in [1.29, 1.82) is 0 Å². The van der Waals surface area contributed by atoms with Gasteiger partial charge in [-0.05, 0) is 35.9 Å². The molecule has 6 heteroatoms. The second-order valence-electron chi connectivity index (χ2n) is 5.71. The van der Waals surface area contributed by atoms with E-state index in [0.717, 1.165) is 11.3 Å². The van der Waals surface area contributed by atoms with Crippen molar-refractivity contribution in [3.8, 4) is 5.69 Å². The van der Waals surface area contributed by atoms with Crippen molar-refractivity contribution in [2.24, 2.45) is 0 Å². The lowest BCUT2D eigenvalue weighted by Crippen LogP contribution is -2.30. The third-order valence-corrected chi connectivity index (χ3v) is 4.00. The number of hydrogen-bond acceptors (Lipinski definition) is 4. The molecule has 0 saturated carbocycles. The zero-order valence-corrected chi connectivity index (χ0v) is 14.3. The number of methoxy groups -OCH3 is 1. The molecule has 1 N–H and O–H groups in total. The van der Waals surface area contributed by atoms with E-state index in [1.54, 1.807) is 23.0 Å². The first-order valence-electron chi connectivity index (χ1n) is 8.20. The summed E-state index contributed by atoms with van der Waals surface area (Å²) < 4.78 is 6.46. The highest BCUT2D eigenvalue weighted by atomic mass is 16.5. The van der Waals surface area contributed by atoms with Crippen LogP contribution in [0.5, 0.6) is 0 Å². The Balaban J connectivity index is 1.75. The van der Waals surface area contributed by atoms with Gasteiger partial charge in [0, 0.05) is 18.0 Å². The van der Waals surface area contributed by atoms with E-state index < -0.39 is 6.04 Å². The number of hydrogen-bond donors (Lipinski definition) is 1. The summed E-state index contributed by atoms with van der Waals surface area (Å²) in [5.41, 5.74) is 2.21. The number of nitrogens with zero attached hydrogens (tertiary/aromatic N) is 2. The first kappa shape index (κ1) is 17.4. The molecule has 0 bridgehead atoms. The molecule has 1 aromatic heterocycles. The standard InChI is InChI=1S/C20H19N3O3/c1-26-19(24)14-18(15-6-3-2-4-7-15)22-20(25)16-8-10-17(11-9-16)23-13-5-12-21-23/h2-13,18H,14H2,1H3,(H,22,25)/t18-/m1/s1. The summed E-state index contributed by atoms with van der Waals surface area (Å²) in [4.78, 5) is 24.3. The summed E-state index contributed by atoms with van der Waals surface area (Å²) in [6, 6.07) is 17.8. The van der Waals surface area contributed by atoms with Crippen LogP contribution in [0, 0.1) is 0 Å². The molecule has 0 fully saturated rings. The van der Waals surface area contributed by atoms with Crippen molar-refractivity contribution in [3.63, 3.8) is 0 Å². The Labute approximate surface area is 151 Å². The molecular weight excluding hydrogens is 330 g/mol. The molecule has 1 heterocycles. The van der Waals surface area contributed by atoms with Crippen molar-refractivity contribution in [1.82, 2.24) is 15.1 Å². The zero-order valence-electron chi connectivity index (χ0n) is 14.3. The highest BCUT2D eigenvalue weighted by molar-refractivity contribution is 5.94. The number of ether oxygens (including phenoxy) is 1. The van der Waals surface area contributed by atoms with Crippen LogP contribution in [-0.4, -0.2) is 28.8 Å². The van der Waals surface area contributed by atoms with Crippen molar-refractivity contribution < 1.29 is 14.3 Å². The van der Waals surface area contributed by atoms with Gasteiger partial charge in [0.1, 0.15) is 0 Å². The van der Waals surface area contributed by atoms with E-state index in [-0.39, 0.29) is 18.3 Å². The van der Waals surface area contributed by atoms with E-state index in [2.05, 4.69) is 10.4 Å². The average molecular weight is 349 g/mol. The van der Waals surface area contributed by atoms with E-state index in [4.69, 9.17) is 4.74 Å². The molecule has 0 aliphatic rings. The molecule has 132 valence electrons. The molecule has 6 nitrogen and oxygen atoms in total. The van der Waals surface area contributed by atoms with Gasteiger partial charge in [0.15, 0.2) is 0 Å². The van der Waals surface area contributed by atoms with Crippen molar-refractivity contribution >= 4 is 11.9 Å². The molecule has 0 saturated heterocycles. The summed E-state index contributed by atoms with van der Waals surface area (Å²) in [5, 5.41) is 7.06. The lowest BCUT2D eigenvalue weighted by Gasteiger charge is -2.18. The number of carbonyl (C=O) groups is 2. The number of nitrogens with one attached hydrogen (secondary N) is 1. The maximum atomic E-state index is 12.6. The lowest BCUT2D eigenvalue weighted by molar-refractivity contribution is -0.141. The minimum atomic E-state index is -0.457. The predicted octanol–water partition coefficient (Wildman–Crippen LogP) is 2.91. The monoisotopic (exact) mass is 349 g/mol. The molecule has 0 unspecified atom stereocenters. The molecule has 0 aliphatic heterocycles. The number of amides is 1. The summed E-state index contributed by atoms with van der Waals surface area (Å²) >= 11 is 0. The van der Waals surface area contributed by atoms with Crippen LogP contribution in [-0.2, 0) is 9.53 Å². The third-order valence-electron chi connectivity index (χ3n) is 4.00. The second-order valence-corrected chi connectivity index (χ2v) is 5.71. The topological polar surface area (TPSA) is 73.2 Å². The number of esters is 1. The minimum Gasteiger partial charge on any atom is -0.469 e. The van der Waals surface area contributed by atoms with E-state index in [0.29, 0.717) is 5.56 Å². The molecule has 1 amide bonds. The quantitative estimate of drug-likeness (QED) is 0.695. The summed E-state index contributed by atoms with van der Waals surface area (Å²) in [5.74, 6) is -0.636. The van der Waals surface area contributed by atoms with Crippen LogP contribution < -0.4 is 5.32 Å². The van der Waals surface area contributed by atoms with Crippen molar-refractivity contribution in [3.05, 3.63) is 84.2 Å². The van der Waals surface area contributed by atoms with E-state index in [9.17, 15) is 9.59 Å². The lowest BCUT2D eigenvalue weighted by atomic mass is 10.0. The van der Waals surface area contributed by atoms with E-state index >= 15 is 0 Å². The third kappa shape index (κ3) is 4.16. The van der Waals surface area contributed by atoms with Gasteiger partial charge in [-0.25, -0.2) is 4.68 Å². The average Bonchev–Trinajstić information content (AvgIpc) is 3.23. The van der Waals surface area contributed by atoms with Gasteiger partial charge in [-0.1, -0.05) is 30.3 Å². The van der Waals surface area contributed by atoms with Gasteiger partial charge in [0.2, 0.25) is 0 Å². The highest BCUT2D eigenvalue weighted by Crippen LogP contribution is 2.18. The first-order chi connectivity index (χ1) is 12.7. The van der Waals surface area contributed by atoms with Gasteiger partial charge in [-0.3, -0.25) is 9.59 Å². The Kier molecular flexibility index (Phi) is 5.43. The SMILES string of the molecule is COC(=O)C[C@@H](NC(=O)c1ccc(-n2cccn2)cc1)c1ccccc1. The summed E-state index contributed by atoms with van der Waals surface area (Å²) in [7, 11) is 1.33. The predicted molar refractivity (Wildman–Crippen MR) is 96.8 cm³/mol. The van der Waals surface area contributed by atoms with E-state index in [1.807, 2.05) is 54.7 Å². The van der Waals surface area contributed by atoms with Crippen molar-refractivity contribution in [2.75, 3.05) is 7.11 Å². The molecule has 1 atom stereocenters. The molecule has 3 aromatic rings. The van der Waals surface area contributed by atoms with Gasteiger partial charge in [0.05, 0.1) is 25.3 Å². The largest absolute Gasteiger partial charge is 0.469 e. The van der Waals surface area contributed by atoms with E-state index in [1.165, 1.54) is 7.11 Å². The Morgan fingerprint density at radius 3 is 2.42 bits per heavy atom. The van der Waals surface area contributed by atoms with Crippen LogP contribution in [0.25, 0.3) is 5.69 Å². The fourth-order valence-corrected chi connectivity index (χ4v) is 2.62. The van der Waals surface area contributed by atoms with Gasteiger partial charge in [-0.15, -0.1) is 0 Å². The van der Waals surface area contributed by atoms with Crippen LogP contribution in [0.15, 0.2) is 73.1 Å². The fourth-order valence-electron chi connectivity index (χ4n) is 2.62. The highest BCUT2D eigenvalue weighted by Gasteiger charge is 2.19. The first-order valence-corrected chi connectivity index (χ1v) is 8.20. The fraction of sp³-hybridized carbons (Fsp3) is 0.150. The number of aromatic nitrogens is 2. The smallest absolute Gasteiger partial charge is 0.307 e. The molecule has 0 radical (unpaired) electrons. The van der Waals surface area contributed by atoms with Gasteiger partial charge in [0.25, 0.3) is 5.91 Å². The van der Waals surface area contributed by atoms with Crippen LogP contribution >= 0.6 is 0 Å². The van der Waals surface area contributed by atoms with Crippen LogP contribution in [0.1, 0.15) is 28.4 Å². The maximum absolute atomic E-state index is 12.6. The van der Waals surface area contributed by atoms with Crippen LogP contribution in [0.3, 0.4) is 0 Å². The molecule has 0 aliphatic carbocycles. The maximum Gasteiger partial charge on any atom is 0.307 e. The Morgan fingerprint density at radius 1 is 1.08 bits per heavy atom. The zero-order chi connectivity index (χ0) is 18.4. The summed E-state index contributed by atoms with van der Waals surface area (Å²) in [6.45, 7) is 0. The number of rotatable bonds is 6. The Morgan fingerprint density at radius 2 is 1.81 bits per heavy atom. The molecule has 2 aromatic carbocycles. The van der Waals surface area contributed by atoms with Crippen molar-refractivity contribution in [2.45, 2.75) is 12.5 Å². The van der Waals surface area contributed by atoms with Gasteiger partial charge < -0.3 is 10.1 Å². The van der Waals surface area contributed by atoms with Gasteiger partial charge in [-0.2, -0.15) is 5.10 Å². The Bertz CT molecular complexity index is 859.